The molecule has 0 aromatic carbocycles. The summed E-state index contributed by atoms with van der Waals surface area (Å²) in [6, 6.07) is -0.194. The van der Waals surface area contributed by atoms with Crippen LogP contribution in [0.25, 0.3) is 0 Å². The summed E-state index contributed by atoms with van der Waals surface area (Å²) in [5.41, 5.74) is 11.0. The zero-order valence-corrected chi connectivity index (χ0v) is 6.09. The van der Waals surface area contributed by atoms with Crippen LogP contribution in [-0.4, -0.2) is 23.8 Å². The van der Waals surface area contributed by atoms with E-state index in [1.54, 1.807) is 18.9 Å². The number of hydrogen-bond acceptors (Lipinski definition) is 4. The van der Waals surface area contributed by atoms with Crippen molar-refractivity contribution in [1.29, 1.82) is 0 Å². The highest BCUT2D eigenvalue weighted by atomic mass is 16.1. The van der Waals surface area contributed by atoms with Gasteiger partial charge in [0.05, 0.1) is 6.04 Å². The topological polar surface area (TPSA) is 72.3 Å². The molecule has 0 aromatic rings. The number of nitrogens with two attached hydrogens (primary N) is 2. The first-order valence-corrected chi connectivity index (χ1v) is 3.08. The monoisotopic (exact) mass is 141 g/mol. The van der Waals surface area contributed by atoms with Crippen LogP contribution in [0.5, 0.6) is 0 Å². The van der Waals surface area contributed by atoms with Gasteiger partial charge >= 0.3 is 0 Å². The first kappa shape index (κ1) is 6.92. The van der Waals surface area contributed by atoms with Crippen LogP contribution in [0.3, 0.4) is 0 Å². The summed E-state index contributed by atoms with van der Waals surface area (Å²) in [4.78, 5) is 12.7. The molecule has 1 aliphatic heterocycles. The zero-order valence-electron chi connectivity index (χ0n) is 6.09. The number of Topliss-reactive ketones (excluding diaryl/α,β-unsaturated/α-hetero) is 1. The van der Waals surface area contributed by atoms with Gasteiger partial charge in [-0.25, -0.2) is 0 Å². The lowest BCUT2D eigenvalue weighted by atomic mass is 10.2. The Hall–Kier alpha value is -1.19. The largest absolute Gasteiger partial charge is 0.393 e. The summed E-state index contributed by atoms with van der Waals surface area (Å²) >= 11 is 0. The molecule has 0 amide bonds. The van der Waals surface area contributed by atoms with Crippen molar-refractivity contribution >= 4 is 5.78 Å². The van der Waals surface area contributed by atoms with Gasteiger partial charge < -0.3 is 16.4 Å². The Kier molecular flexibility index (Phi) is 1.31. The molecule has 1 aliphatic rings. The summed E-state index contributed by atoms with van der Waals surface area (Å²) in [6.07, 6.45) is 0. The van der Waals surface area contributed by atoms with Crippen LogP contribution in [-0.2, 0) is 4.79 Å². The molecule has 0 spiro atoms. The van der Waals surface area contributed by atoms with Gasteiger partial charge in [-0.1, -0.05) is 0 Å². The fourth-order valence-corrected chi connectivity index (χ4v) is 0.926. The quantitative estimate of drug-likeness (QED) is 0.452. The molecular formula is C6H11N3O. The van der Waals surface area contributed by atoms with E-state index in [4.69, 9.17) is 11.5 Å². The van der Waals surface area contributed by atoms with E-state index in [0.717, 1.165) is 0 Å². The van der Waals surface area contributed by atoms with Crippen molar-refractivity contribution in [2.45, 2.75) is 13.0 Å². The van der Waals surface area contributed by atoms with Crippen LogP contribution in [0.15, 0.2) is 11.5 Å². The van der Waals surface area contributed by atoms with E-state index in [0.29, 0.717) is 5.82 Å². The van der Waals surface area contributed by atoms with Crippen molar-refractivity contribution in [1.82, 2.24) is 4.90 Å². The van der Waals surface area contributed by atoms with Crippen molar-refractivity contribution < 1.29 is 4.79 Å². The fourth-order valence-electron chi connectivity index (χ4n) is 0.926. The Morgan fingerprint density at radius 2 is 2.00 bits per heavy atom. The Bertz CT molecular complexity index is 209. The fraction of sp³-hybridized carbons (Fsp3) is 0.500. The molecule has 0 radical (unpaired) electrons. The number of carbonyl (C=O) groups excluding carboxylic acids is 1. The predicted molar refractivity (Wildman–Crippen MR) is 37.6 cm³/mol. The van der Waals surface area contributed by atoms with Crippen molar-refractivity contribution in [3.8, 4) is 0 Å². The average molecular weight is 141 g/mol. The summed E-state index contributed by atoms with van der Waals surface area (Å²) in [7, 11) is 1.75. The minimum atomic E-state index is -0.194. The third-order valence-electron chi connectivity index (χ3n) is 1.88. The smallest absolute Gasteiger partial charge is 0.204 e. The zero-order chi connectivity index (χ0) is 7.89. The van der Waals surface area contributed by atoms with E-state index >= 15 is 0 Å². The summed E-state index contributed by atoms with van der Waals surface area (Å²) in [5, 5.41) is 0. The minimum Gasteiger partial charge on any atom is -0.393 e. The summed E-state index contributed by atoms with van der Waals surface area (Å²) in [5.74, 6) is 0.303. The van der Waals surface area contributed by atoms with Gasteiger partial charge in [0, 0.05) is 7.05 Å². The molecule has 0 saturated carbocycles. The Labute approximate surface area is 59.5 Å². The maximum absolute atomic E-state index is 11.0. The van der Waals surface area contributed by atoms with Gasteiger partial charge in [0.25, 0.3) is 0 Å². The van der Waals surface area contributed by atoms with Crippen molar-refractivity contribution in [2.75, 3.05) is 7.05 Å². The van der Waals surface area contributed by atoms with E-state index in [-0.39, 0.29) is 17.5 Å². The van der Waals surface area contributed by atoms with Gasteiger partial charge in [-0.15, -0.1) is 0 Å². The van der Waals surface area contributed by atoms with Crippen LogP contribution >= 0.6 is 0 Å². The molecule has 0 bridgehead atoms. The van der Waals surface area contributed by atoms with E-state index < -0.39 is 0 Å². The van der Waals surface area contributed by atoms with Crippen LogP contribution in [0.2, 0.25) is 0 Å². The molecule has 1 unspecified atom stereocenters. The van der Waals surface area contributed by atoms with Gasteiger partial charge in [0.15, 0.2) is 0 Å². The normalized spacial score (nSPS) is 26.4. The molecule has 1 atom stereocenters. The highest BCUT2D eigenvalue weighted by Crippen LogP contribution is 2.15. The standard InChI is InChI=1S/C6H11N3O/c1-3-5(10)4(7)6(8)9(3)2/h3H,7-8H2,1-2H3. The van der Waals surface area contributed by atoms with Gasteiger partial charge in [0.1, 0.15) is 11.5 Å². The van der Waals surface area contributed by atoms with Crippen LogP contribution in [0, 0.1) is 0 Å². The molecule has 0 aliphatic carbocycles. The van der Waals surface area contributed by atoms with Crippen LogP contribution < -0.4 is 11.5 Å². The minimum absolute atomic E-state index is 0.0833. The molecule has 4 N–H and O–H groups in total. The molecule has 56 valence electrons. The Morgan fingerprint density at radius 3 is 2.10 bits per heavy atom. The highest BCUT2D eigenvalue weighted by molar-refractivity contribution is 6.01. The van der Waals surface area contributed by atoms with E-state index in [1.165, 1.54) is 0 Å². The molecule has 4 nitrogen and oxygen atoms in total. The molecule has 10 heavy (non-hydrogen) atoms. The molecule has 0 saturated heterocycles. The number of ketones is 1. The molecule has 4 heteroatoms. The van der Waals surface area contributed by atoms with Gasteiger partial charge in [-0.05, 0) is 6.92 Å². The van der Waals surface area contributed by atoms with Gasteiger partial charge in [0.2, 0.25) is 5.78 Å². The second kappa shape index (κ2) is 1.90. The number of carbonyl (C=O) groups is 1. The van der Waals surface area contributed by atoms with E-state index in [9.17, 15) is 4.79 Å². The Balaban J connectivity index is 2.99. The Morgan fingerprint density at radius 1 is 1.50 bits per heavy atom. The number of likely N-dealkylation sites (N-methyl/N-ethyl adjacent to an activating group) is 1. The molecule has 0 fully saturated rings. The second-order valence-electron chi connectivity index (χ2n) is 2.45. The molecule has 1 heterocycles. The van der Waals surface area contributed by atoms with Crippen molar-refractivity contribution in [2.24, 2.45) is 11.5 Å². The summed E-state index contributed by atoms with van der Waals surface area (Å²) in [6.45, 7) is 1.77. The SMILES string of the molecule is CC1C(=O)C(N)=C(N)N1C. The first-order chi connectivity index (χ1) is 4.55. The predicted octanol–water partition coefficient (Wildman–Crippen LogP) is -1.02. The molecule has 0 aromatic heterocycles. The number of rotatable bonds is 0. The third kappa shape index (κ3) is 0.650. The van der Waals surface area contributed by atoms with Crippen molar-refractivity contribution in [3.05, 3.63) is 11.5 Å². The van der Waals surface area contributed by atoms with Crippen molar-refractivity contribution in [3.63, 3.8) is 0 Å². The van der Waals surface area contributed by atoms with E-state index in [2.05, 4.69) is 0 Å². The van der Waals surface area contributed by atoms with Crippen LogP contribution in [0.1, 0.15) is 6.92 Å². The number of hydrogen-bond donors (Lipinski definition) is 2. The highest BCUT2D eigenvalue weighted by Gasteiger charge is 2.30. The van der Waals surface area contributed by atoms with E-state index in [1.807, 2.05) is 0 Å². The maximum Gasteiger partial charge on any atom is 0.204 e. The third-order valence-corrected chi connectivity index (χ3v) is 1.88. The lowest BCUT2D eigenvalue weighted by molar-refractivity contribution is -0.117. The first-order valence-electron chi connectivity index (χ1n) is 3.08. The second-order valence-corrected chi connectivity index (χ2v) is 2.45. The average Bonchev–Trinajstić information content (AvgIpc) is 2.07. The lowest BCUT2D eigenvalue weighted by Crippen LogP contribution is -2.30. The molecule has 1 rings (SSSR count). The lowest BCUT2D eigenvalue weighted by Gasteiger charge is -2.16. The molecular weight excluding hydrogens is 130 g/mol. The van der Waals surface area contributed by atoms with Crippen LogP contribution in [0.4, 0.5) is 0 Å². The van der Waals surface area contributed by atoms with Gasteiger partial charge in [-0.3, -0.25) is 4.79 Å². The number of nitrogens with zero attached hydrogens (tertiary/aromatic N) is 1. The van der Waals surface area contributed by atoms with Gasteiger partial charge in [-0.2, -0.15) is 0 Å². The maximum atomic E-state index is 11.0. The summed E-state index contributed by atoms with van der Waals surface area (Å²) < 4.78 is 0.